The minimum Gasteiger partial charge on any atom is -0.465 e. The van der Waals surface area contributed by atoms with Crippen LogP contribution in [0.4, 0.5) is 0 Å². The van der Waals surface area contributed by atoms with E-state index < -0.39 is 0 Å². The van der Waals surface area contributed by atoms with E-state index in [9.17, 15) is 9.59 Å². The van der Waals surface area contributed by atoms with E-state index in [4.69, 9.17) is 4.74 Å². The lowest BCUT2D eigenvalue weighted by Gasteiger charge is -2.31. The monoisotopic (exact) mass is 290 g/mol. The van der Waals surface area contributed by atoms with E-state index in [1.54, 1.807) is 0 Å². The molecule has 1 heterocycles. The molecule has 21 heavy (non-hydrogen) atoms. The normalized spacial score (nSPS) is 16.4. The second-order valence-corrected chi connectivity index (χ2v) is 5.19. The van der Waals surface area contributed by atoms with Crippen molar-refractivity contribution >= 4 is 11.9 Å². The summed E-state index contributed by atoms with van der Waals surface area (Å²) in [4.78, 5) is 25.6. The summed E-state index contributed by atoms with van der Waals surface area (Å²) in [6.45, 7) is 4.18. The van der Waals surface area contributed by atoms with E-state index >= 15 is 0 Å². The average molecular weight is 290 g/mol. The van der Waals surface area contributed by atoms with E-state index in [-0.39, 0.29) is 17.9 Å². The van der Waals surface area contributed by atoms with E-state index in [2.05, 4.69) is 10.2 Å². The molecule has 0 atom stereocenters. The Bertz CT molecular complexity index is 468. The fourth-order valence-electron chi connectivity index (χ4n) is 2.48. The van der Waals surface area contributed by atoms with Crippen molar-refractivity contribution in [2.24, 2.45) is 0 Å². The topological polar surface area (TPSA) is 58.6 Å². The molecule has 1 aliphatic rings. The zero-order valence-electron chi connectivity index (χ0n) is 12.4. The number of carbonyl (C=O) groups excluding carboxylic acids is 2. The highest BCUT2D eigenvalue weighted by Gasteiger charge is 2.22. The molecule has 1 N–H and O–H groups in total. The molecule has 0 aliphatic carbocycles. The van der Waals surface area contributed by atoms with Crippen LogP contribution in [-0.2, 0) is 9.53 Å². The molecule has 5 heteroatoms. The number of hydrogen-bond acceptors (Lipinski definition) is 4. The minimum absolute atomic E-state index is 0.0283. The Morgan fingerprint density at radius 2 is 1.90 bits per heavy atom. The van der Waals surface area contributed by atoms with Crippen LogP contribution in [0.25, 0.3) is 0 Å². The first-order valence-corrected chi connectivity index (χ1v) is 7.43. The molecule has 0 bridgehead atoms. The van der Waals surface area contributed by atoms with Crippen LogP contribution in [0, 0.1) is 0 Å². The molecular weight excluding hydrogens is 268 g/mol. The number of ether oxygens (including phenoxy) is 1. The highest BCUT2D eigenvalue weighted by Crippen LogP contribution is 2.11. The van der Waals surface area contributed by atoms with E-state index in [1.165, 1.54) is 0 Å². The first-order valence-electron chi connectivity index (χ1n) is 7.43. The van der Waals surface area contributed by atoms with Crippen LogP contribution in [0.3, 0.4) is 0 Å². The Hall–Kier alpha value is -1.88. The first kappa shape index (κ1) is 15.5. The lowest BCUT2D eigenvalue weighted by Crippen LogP contribution is -2.46. The average Bonchev–Trinajstić information content (AvgIpc) is 2.50. The van der Waals surface area contributed by atoms with Crippen molar-refractivity contribution in [2.45, 2.75) is 25.8 Å². The molecule has 1 fully saturated rings. The molecule has 114 valence electrons. The van der Waals surface area contributed by atoms with Gasteiger partial charge in [-0.2, -0.15) is 0 Å². The largest absolute Gasteiger partial charge is 0.465 e. The highest BCUT2D eigenvalue weighted by atomic mass is 16.5. The van der Waals surface area contributed by atoms with Gasteiger partial charge < -0.3 is 10.1 Å². The molecular formula is C16H22N2O3. The Morgan fingerprint density at radius 1 is 1.24 bits per heavy atom. The second-order valence-electron chi connectivity index (χ2n) is 5.19. The van der Waals surface area contributed by atoms with Gasteiger partial charge in [-0.3, -0.25) is 14.5 Å². The SMILES string of the molecule is CCOC(=O)CN1CCC(NC(=O)c2ccccc2)CC1. The molecule has 1 aromatic rings. The van der Waals surface area contributed by atoms with Crippen molar-refractivity contribution in [3.63, 3.8) is 0 Å². The number of carbonyl (C=O) groups is 2. The van der Waals surface area contributed by atoms with E-state index in [1.807, 2.05) is 37.3 Å². The molecule has 1 aliphatic heterocycles. The number of piperidine rings is 1. The molecule has 0 spiro atoms. The third-order valence-electron chi connectivity index (χ3n) is 3.62. The Labute approximate surface area is 125 Å². The second kappa shape index (κ2) is 7.78. The predicted molar refractivity (Wildman–Crippen MR) is 80.0 cm³/mol. The van der Waals surface area contributed by atoms with Gasteiger partial charge in [-0.1, -0.05) is 18.2 Å². The predicted octanol–water partition coefficient (Wildman–Crippen LogP) is 1.44. The summed E-state index contributed by atoms with van der Waals surface area (Å²) >= 11 is 0. The smallest absolute Gasteiger partial charge is 0.320 e. The fourth-order valence-corrected chi connectivity index (χ4v) is 2.48. The Morgan fingerprint density at radius 3 is 2.52 bits per heavy atom. The van der Waals surface area contributed by atoms with Crippen LogP contribution in [0.1, 0.15) is 30.1 Å². The quantitative estimate of drug-likeness (QED) is 0.834. The number of hydrogen-bond donors (Lipinski definition) is 1. The van der Waals surface area contributed by atoms with Crippen LogP contribution in [0.5, 0.6) is 0 Å². The number of likely N-dealkylation sites (tertiary alicyclic amines) is 1. The summed E-state index contributed by atoms with van der Waals surface area (Å²) in [5, 5.41) is 3.05. The number of nitrogens with zero attached hydrogens (tertiary/aromatic N) is 1. The number of amides is 1. The van der Waals surface area contributed by atoms with Crippen LogP contribution in [0.15, 0.2) is 30.3 Å². The minimum atomic E-state index is -0.177. The Kier molecular flexibility index (Phi) is 5.75. The van der Waals surface area contributed by atoms with Crippen molar-refractivity contribution in [1.29, 1.82) is 0 Å². The van der Waals surface area contributed by atoms with Crippen LogP contribution >= 0.6 is 0 Å². The summed E-state index contributed by atoms with van der Waals surface area (Å²) < 4.78 is 4.94. The van der Waals surface area contributed by atoms with Gasteiger partial charge in [-0.15, -0.1) is 0 Å². The molecule has 0 saturated carbocycles. The maximum Gasteiger partial charge on any atom is 0.320 e. The highest BCUT2D eigenvalue weighted by molar-refractivity contribution is 5.94. The number of rotatable bonds is 5. The van der Waals surface area contributed by atoms with Crippen LogP contribution in [-0.4, -0.2) is 49.1 Å². The first-order chi connectivity index (χ1) is 10.2. The lowest BCUT2D eigenvalue weighted by atomic mass is 10.0. The standard InChI is InChI=1S/C16H22N2O3/c1-2-21-15(19)12-18-10-8-14(9-11-18)17-16(20)13-6-4-3-5-7-13/h3-7,14H,2,8-12H2,1H3,(H,17,20). The van der Waals surface area contributed by atoms with Crippen molar-refractivity contribution in [2.75, 3.05) is 26.2 Å². The van der Waals surface area contributed by atoms with E-state index in [0.717, 1.165) is 25.9 Å². The van der Waals surface area contributed by atoms with Crippen molar-refractivity contribution < 1.29 is 14.3 Å². The van der Waals surface area contributed by atoms with Gasteiger partial charge >= 0.3 is 5.97 Å². The van der Waals surface area contributed by atoms with Crippen molar-refractivity contribution in [1.82, 2.24) is 10.2 Å². The molecule has 1 saturated heterocycles. The van der Waals surface area contributed by atoms with Gasteiger partial charge in [0.2, 0.25) is 0 Å². The summed E-state index contributed by atoms with van der Waals surface area (Å²) in [6.07, 6.45) is 1.72. The molecule has 1 amide bonds. The Balaban J connectivity index is 1.74. The summed E-state index contributed by atoms with van der Waals surface area (Å²) in [7, 11) is 0. The van der Waals surface area contributed by atoms with Gasteiger partial charge in [0.25, 0.3) is 5.91 Å². The molecule has 0 aromatic heterocycles. The third-order valence-corrected chi connectivity index (χ3v) is 3.62. The van der Waals surface area contributed by atoms with Gasteiger partial charge in [-0.25, -0.2) is 0 Å². The van der Waals surface area contributed by atoms with Gasteiger partial charge in [-0.05, 0) is 31.9 Å². The third kappa shape index (κ3) is 4.86. The van der Waals surface area contributed by atoms with Crippen LogP contribution in [0.2, 0.25) is 0 Å². The molecule has 2 rings (SSSR count). The summed E-state index contributed by atoms with van der Waals surface area (Å²) in [5.74, 6) is -0.205. The van der Waals surface area contributed by atoms with Gasteiger partial charge in [0.15, 0.2) is 0 Å². The zero-order valence-corrected chi connectivity index (χ0v) is 12.4. The summed E-state index contributed by atoms with van der Waals surface area (Å²) in [5.41, 5.74) is 0.687. The maximum atomic E-state index is 12.1. The molecule has 1 aromatic carbocycles. The number of benzene rings is 1. The van der Waals surface area contributed by atoms with Gasteiger partial charge in [0.1, 0.15) is 0 Å². The fraction of sp³-hybridized carbons (Fsp3) is 0.500. The summed E-state index contributed by atoms with van der Waals surface area (Å²) in [6, 6.07) is 9.41. The van der Waals surface area contributed by atoms with Crippen molar-refractivity contribution in [3.8, 4) is 0 Å². The van der Waals surface area contributed by atoms with Crippen LogP contribution < -0.4 is 5.32 Å². The number of nitrogens with one attached hydrogen (secondary N) is 1. The lowest BCUT2D eigenvalue weighted by molar-refractivity contribution is -0.144. The van der Waals surface area contributed by atoms with Gasteiger partial charge in [0, 0.05) is 24.7 Å². The maximum absolute atomic E-state index is 12.1. The van der Waals surface area contributed by atoms with Gasteiger partial charge in [0.05, 0.1) is 13.2 Å². The molecule has 0 radical (unpaired) electrons. The number of esters is 1. The van der Waals surface area contributed by atoms with Crippen molar-refractivity contribution in [3.05, 3.63) is 35.9 Å². The molecule has 5 nitrogen and oxygen atoms in total. The zero-order chi connectivity index (χ0) is 15.1. The molecule has 0 unspecified atom stereocenters. The van der Waals surface area contributed by atoms with E-state index in [0.29, 0.717) is 18.7 Å².